The van der Waals surface area contributed by atoms with Crippen molar-refractivity contribution in [2.45, 2.75) is 26.8 Å². The van der Waals surface area contributed by atoms with Crippen molar-refractivity contribution in [1.29, 1.82) is 0 Å². The Morgan fingerprint density at radius 3 is 2.65 bits per heavy atom. The molecule has 114 valence electrons. The Bertz CT molecular complexity index is 566. The van der Waals surface area contributed by atoms with Crippen LogP contribution in [0, 0.1) is 0 Å². The summed E-state index contributed by atoms with van der Waals surface area (Å²) in [6.07, 6.45) is 0. The van der Waals surface area contributed by atoms with Gasteiger partial charge in [-0.25, -0.2) is 13.4 Å². The number of sulfone groups is 1. The Morgan fingerprint density at radius 1 is 1.45 bits per heavy atom. The summed E-state index contributed by atoms with van der Waals surface area (Å²) in [5.41, 5.74) is 5.68. The number of carbonyl (C=O) groups excluding carboxylic acids is 1. The van der Waals surface area contributed by atoms with Crippen LogP contribution in [0.15, 0.2) is 0 Å². The lowest BCUT2D eigenvalue weighted by Crippen LogP contribution is -2.29. The van der Waals surface area contributed by atoms with Crippen LogP contribution in [-0.2, 0) is 9.84 Å². The molecule has 0 bridgehead atoms. The quantitative estimate of drug-likeness (QED) is 0.682. The van der Waals surface area contributed by atoms with Crippen molar-refractivity contribution in [2.24, 2.45) is 0 Å². The van der Waals surface area contributed by atoms with E-state index in [0.29, 0.717) is 10.0 Å². The highest BCUT2D eigenvalue weighted by molar-refractivity contribution is 7.91. The van der Waals surface area contributed by atoms with Gasteiger partial charge in [-0.05, 0) is 13.8 Å². The Hall–Kier alpha value is -1.35. The van der Waals surface area contributed by atoms with E-state index >= 15 is 0 Å². The zero-order chi connectivity index (χ0) is 15.3. The zero-order valence-electron chi connectivity index (χ0n) is 11.8. The molecule has 1 amide bonds. The summed E-state index contributed by atoms with van der Waals surface area (Å²) >= 11 is 1.15. The Morgan fingerprint density at radius 2 is 2.10 bits per heavy atom. The van der Waals surface area contributed by atoms with Gasteiger partial charge in [-0.3, -0.25) is 4.79 Å². The minimum absolute atomic E-state index is 0.0635. The predicted molar refractivity (Wildman–Crippen MR) is 81.9 cm³/mol. The minimum Gasteiger partial charge on any atom is -0.382 e. The molecule has 0 saturated heterocycles. The maximum absolute atomic E-state index is 11.9. The molecule has 0 aromatic carbocycles. The Balaban J connectivity index is 2.62. The first-order valence-corrected chi connectivity index (χ1v) is 8.90. The number of thiazole rings is 1. The van der Waals surface area contributed by atoms with E-state index < -0.39 is 15.7 Å². The number of anilines is 2. The van der Waals surface area contributed by atoms with Crippen molar-refractivity contribution in [1.82, 2.24) is 10.3 Å². The molecule has 20 heavy (non-hydrogen) atoms. The van der Waals surface area contributed by atoms with Crippen LogP contribution < -0.4 is 16.4 Å². The van der Waals surface area contributed by atoms with Crippen LogP contribution in [0.1, 0.15) is 30.4 Å². The van der Waals surface area contributed by atoms with E-state index in [1.54, 1.807) is 6.92 Å². The second-order valence-corrected chi connectivity index (χ2v) is 8.00. The highest BCUT2D eigenvalue weighted by Gasteiger charge is 2.17. The van der Waals surface area contributed by atoms with Gasteiger partial charge in [0.25, 0.3) is 5.91 Å². The first kappa shape index (κ1) is 16.7. The van der Waals surface area contributed by atoms with Gasteiger partial charge in [0.1, 0.15) is 10.7 Å². The molecule has 1 heterocycles. The molecule has 0 atom stereocenters. The molecule has 0 radical (unpaired) electrons. The first-order chi connectivity index (χ1) is 9.25. The van der Waals surface area contributed by atoms with Crippen LogP contribution in [0.4, 0.5) is 10.9 Å². The summed E-state index contributed by atoms with van der Waals surface area (Å²) in [7, 11) is -3.09. The lowest BCUT2D eigenvalue weighted by atomic mass is 10.4. The molecule has 9 heteroatoms. The van der Waals surface area contributed by atoms with Gasteiger partial charge in [0.2, 0.25) is 0 Å². The van der Waals surface area contributed by atoms with Crippen molar-refractivity contribution in [3.05, 3.63) is 4.88 Å². The topological polar surface area (TPSA) is 114 Å². The molecule has 7 nitrogen and oxygen atoms in total. The molecular weight excluding hydrogens is 300 g/mol. The average molecular weight is 320 g/mol. The van der Waals surface area contributed by atoms with Gasteiger partial charge in [-0.2, -0.15) is 0 Å². The molecule has 0 spiro atoms. The highest BCUT2D eigenvalue weighted by Crippen LogP contribution is 2.25. The van der Waals surface area contributed by atoms with Gasteiger partial charge in [0.15, 0.2) is 15.0 Å². The Kier molecular flexibility index (Phi) is 5.75. The second kappa shape index (κ2) is 6.89. The van der Waals surface area contributed by atoms with E-state index in [-0.39, 0.29) is 29.9 Å². The van der Waals surface area contributed by atoms with E-state index in [9.17, 15) is 13.2 Å². The van der Waals surface area contributed by atoms with Gasteiger partial charge in [-0.1, -0.05) is 18.3 Å². The largest absolute Gasteiger partial charge is 0.382 e. The van der Waals surface area contributed by atoms with Gasteiger partial charge < -0.3 is 16.4 Å². The van der Waals surface area contributed by atoms with Crippen molar-refractivity contribution in [3.8, 4) is 0 Å². The van der Waals surface area contributed by atoms with E-state index in [1.165, 1.54) is 0 Å². The summed E-state index contributed by atoms with van der Waals surface area (Å²) in [6, 6.07) is 0.186. The van der Waals surface area contributed by atoms with Crippen LogP contribution in [-0.4, -0.2) is 43.4 Å². The summed E-state index contributed by atoms with van der Waals surface area (Å²) in [6.45, 7) is 5.54. The zero-order valence-corrected chi connectivity index (χ0v) is 13.4. The van der Waals surface area contributed by atoms with Crippen LogP contribution in [0.25, 0.3) is 0 Å². The third kappa shape index (κ3) is 4.97. The number of aromatic nitrogens is 1. The molecule has 0 fully saturated rings. The number of hydrogen-bond donors (Lipinski definition) is 3. The van der Waals surface area contributed by atoms with Crippen LogP contribution in [0.3, 0.4) is 0 Å². The molecule has 0 saturated carbocycles. The maximum atomic E-state index is 11.9. The minimum atomic E-state index is -3.09. The maximum Gasteiger partial charge on any atom is 0.265 e. The standard InChI is InChI=1S/C11H20N4O3S2/c1-4-20(17,18)6-5-13-10(16)8-9(12)15-11(19-8)14-7(2)3/h7H,4-6,12H2,1-3H3,(H,13,16)(H,14,15). The molecule has 0 aliphatic rings. The molecule has 1 rings (SSSR count). The summed E-state index contributed by atoms with van der Waals surface area (Å²) in [4.78, 5) is 16.2. The van der Waals surface area contributed by atoms with E-state index in [0.717, 1.165) is 11.3 Å². The third-order valence-electron chi connectivity index (χ3n) is 2.41. The number of hydrogen-bond acceptors (Lipinski definition) is 7. The summed E-state index contributed by atoms with van der Waals surface area (Å²) < 4.78 is 22.6. The monoisotopic (exact) mass is 320 g/mol. The molecule has 0 unspecified atom stereocenters. The van der Waals surface area contributed by atoms with E-state index in [1.807, 2.05) is 13.8 Å². The van der Waals surface area contributed by atoms with Gasteiger partial charge >= 0.3 is 0 Å². The lowest BCUT2D eigenvalue weighted by molar-refractivity contribution is 0.0961. The van der Waals surface area contributed by atoms with Crippen LogP contribution >= 0.6 is 11.3 Å². The number of nitrogens with zero attached hydrogens (tertiary/aromatic N) is 1. The van der Waals surface area contributed by atoms with Crippen LogP contribution in [0.5, 0.6) is 0 Å². The third-order valence-corrected chi connectivity index (χ3v) is 5.12. The van der Waals surface area contributed by atoms with Gasteiger partial charge in [0.05, 0.1) is 5.75 Å². The smallest absolute Gasteiger partial charge is 0.265 e. The average Bonchev–Trinajstić information content (AvgIpc) is 2.69. The number of amides is 1. The SMILES string of the molecule is CCS(=O)(=O)CCNC(=O)c1sc(NC(C)C)nc1N. The van der Waals surface area contributed by atoms with Crippen molar-refractivity contribution < 1.29 is 13.2 Å². The van der Waals surface area contributed by atoms with Gasteiger partial charge in [0, 0.05) is 18.3 Å². The van der Waals surface area contributed by atoms with Crippen molar-refractivity contribution in [3.63, 3.8) is 0 Å². The highest BCUT2D eigenvalue weighted by atomic mass is 32.2. The number of carbonyl (C=O) groups is 1. The summed E-state index contributed by atoms with van der Waals surface area (Å²) in [5, 5.41) is 6.18. The molecule has 1 aromatic heterocycles. The van der Waals surface area contributed by atoms with Gasteiger partial charge in [-0.15, -0.1) is 0 Å². The van der Waals surface area contributed by atoms with E-state index in [4.69, 9.17) is 5.73 Å². The molecule has 4 N–H and O–H groups in total. The normalized spacial score (nSPS) is 11.6. The molecule has 0 aliphatic carbocycles. The fourth-order valence-electron chi connectivity index (χ4n) is 1.35. The first-order valence-electron chi connectivity index (χ1n) is 6.26. The molecule has 1 aromatic rings. The second-order valence-electron chi connectivity index (χ2n) is 4.52. The number of nitrogens with two attached hydrogens (primary N) is 1. The van der Waals surface area contributed by atoms with Crippen molar-refractivity contribution in [2.75, 3.05) is 29.1 Å². The lowest BCUT2D eigenvalue weighted by Gasteiger charge is -2.04. The Labute approximate surface area is 122 Å². The molecular formula is C11H20N4O3S2. The van der Waals surface area contributed by atoms with E-state index in [2.05, 4.69) is 15.6 Å². The van der Waals surface area contributed by atoms with Crippen molar-refractivity contribution >= 4 is 38.0 Å². The predicted octanol–water partition coefficient (Wildman–Crippen LogP) is 0.710. The number of nitrogen functional groups attached to an aromatic ring is 1. The fraction of sp³-hybridized carbons (Fsp3) is 0.636. The number of rotatable bonds is 7. The molecule has 0 aliphatic heterocycles. The van der Waals surface area contributed by atoms with Crippen LogP contribution in [0.2, 0.25) is 0 Å². The number of nitrogens with one attached hydrogen (secondary N) is 2. The fourth-order valence-corrected chi connectivity index (χ4v) is 3.00. The summed E-state index contributed by atoms with van der Waals surface area (Å²) in [5.74, 6) is -0.267.